The first kappa shape index (κ1) is 20.1. The van der Waals surface area contributed by atoms with E-state index in [2.05, 4.69) is 6.58 Å². The van der Waals surface area contributed by atoms with Crippen LogP contribution in [0.4, 0.5) is 0 Å². The van der Waals surface area contributed by atoms with E-state index in [0.29, 0.717) is 19.6 Å². The molecule has 6 nitrogen and oxygen atoms in total. The van der Waals surface area contributed by atoms with Gasteiger partial charge in [0.15, 0.2) is 5.79 Å². The quantitative estimate of drug-likeness (QED) is 0.492. The number of hydrogen-bond donors (Lipinski definition) is 0. The van der Waals surface area contributed by atoms with Crippen molar-refractivity contribution in [1.82, 2.24) is 0 Å². The summed E-state index contributed by atoms with van der Waals surface area (Å²) in [5, 5.41) is 0. The Bertz CT molecular complexity index is 655. The molecule has 1 saturated heterocycles. The van der Waals surface area contributed by atoms with E-state index in [9.17, 15) is 8.42 Å². The van der Waals surface area contributed by atoms with E-state index in [0.717, 1.165) is 11.8 Å². The molecule has 0 aliphatic carbocycles. The maximum Gasteiger partial charge on any atom is 0.264 e. The Labute approximate surface area is 149 Å². The third-order valence-corrected chi connectivity index (χ3v) is 4.34. The maximum atomic E-state index is 11.7. The second kappa shape index (κ2) is 8.42. The van der Waals surface area contributed by atoms with Crippen LogP contribution < -0.4 is 0 Å². The summed E-state index contributed by atoms with van der Waals surface area (Å²) in [4.78, 5) is 0. The van der Waals surface area contributed by atoms with Crippen molar-refractivity contribution in [2.45, 2.75) is 51.0 Å². The molecule has 0 amide bonds. The Morgan fingerprint density at radius 3 is 2.56 bits per heavy atom. The van der Waals surface area contributed by atoms with Crippen LogP contribution in [-0.2, 0) is 35.1 Å². The van der Waals surface area contributed by atoms with Crippen LogP contribution >= 0.6 is 0 Å². The average Bonchev–Trinajstić information content (AvgIpc) is 2.87. The molecule has 0 spiro atoms. The minimum Gasteiger partial charge on any atom is -0.368 e. The van der Waals surface area contributed by atoms with Crippen molar-refractivity contribution < 1.29 is 26.8 Å². The summed E-state index contributed by atoms with van der Waals surface area (Å²) in [6, 6.07) is 9.63. The molecule has 0 radical (unpaired) electrons. The van der Waals surface area contributed by atoms with Gasteiger partial charge < -0.3 is 14.2 Å². The smallest absolute Gasteiger partial charge is 0.264 e. The minimum absolute atomic E-state index is 0.299. The molecule has 140 valence electrons. The molecule has 25 heavy (non-hydrogen) atoms. The minimum atomic E-state index is -3.66. The van der Waals surface area contributed by atoms with Gasteiger partial charge >= 0.3 is 0 Å². The van der Waals surface area contributed by atoms with Gasteiger partial charge in [0.25, 0.3) is 10.1 Å². The Kier molecular flexibility index (Phi) is 6.76. The Morgan fingerprint density at radius 2 is 2.04 bits per heavy atom. The number of rotatable bonds is 9. The predicted molar refractivity (Wildman–Crippen MR) is 94.5 cm³/mol. The molecule has 0 saturated carbocycles. The van der Waals surface area contributed by atoms with Crippen LogP contribution in [0.3, 0.4) is 0 Å². The molecular weight excluding hydrogens is 344 g/mol. The van der Waals surface area contributed by atoms with E-state index < -0.39 is 34.2 Å². The third-order valence-electron chi connectivity index (χ3n) is 3.75. The lowest BCUT2D eigenvalue weighted by Gasteiger charge is -2.30. The van der Waals surface area contributed by atoms with Crippen LogP contribution in [0.15, 0.2) is 43.0 Å². The molecular formula is C18H26O6S. The standard InChI is InChI=1S/C18H26O6S/c1-5-9-15(24-25(4,19)20)17(16-13-22-18(2,3)23-16)21-12-14-10-7-6-8-11-14/h5-8,10-11,15-17H,1,9,12-13H2,2-4H3/t15-,16-,17+/m0/s1. The van der Waals surface area contributed by atoms with E-state index in [-0.39, 0.29) is 0 Å². The largest absolute Gasteiger partial charge is 0.368 e. The molecule has 1 aliphatic heterocycles. The first-order valence-electron chi connectivity index (χ1n) is 8.16. The van der Waals surface area contributed by atoms with E-state index in [1.54, 1.807) is 19.9 Å². The van der Waals surface area contributed by atoms with Crippen LogP contribution in [0, 0.1) is 0 Å². The van der Waals surface area contributed by atoms with Gasteiger partial charge in [0.05, 0.1) is 19.5 Å². The highest BCUT2D eigenvalue weighted by Gasteiger charge is 2.42. The van der Waals surface area contributed by atoms with E-state index in [1.165, 1.54) is 0 Å². The van der Waals surface area contributed by atoms with Crippen molar-refractivity contribution in [1.29, 1.82) is 0 Å². The Morgan fingerprint density at radius 1 is 1.36 bits per heavy atom. The predicted octanol–water partition coefficient (Wildman–Crippen LogP) is 2.64. The van der Waals surface area contributed by atoms with Crippen molar-refractivity contribution >= 4 is 10.1 Å². The molecule has 0 aromatic heterocycles. The van der Waals surface area contributed by atoms with Gasteiger partial charge in [0.2, 0.25) is 0 Å². The summed E-state index contributed by atoms with van der Waals surface area (Å²) in [7, 11) is -3.66. The molecule has 1 aromatic rings. The van der Waals surface area contributed by atoms with Crippen molar-refractivity contribution in [2.75, 3.05) is 12.9 Å². The van der Waals surface area contributed by atoms with Gasteiger partial charge in [0, 0.05) is 0 Å². The van der Waals surface area contributed by atoms with Gasteiger partial charge in [-0.3, -0.25) is 4.18 Å². The Balaban J connectivity index is 2.18. The lowest BCUT2D eigenvalue weighted by molar-refractivity contribution is -0.168. The zero-order chi connectivity index (χ0) is 18.5. The fourth-order valence-corrected chi connectivity index (χ4v) is 3.35. The molecule has 7 heteroatoms. The molecule has 0 bridgehead atoms. The summed E-state index contributed by atoms with van der Waals surface area (Å²) in [5.74, 6) is -0.747. The van der Waals surface area contributed by atoms with E-state index in [1.807, 2.05) is 30.3 Å². The van der Waals surface area contributed by atoms with Crippen LogP contribution in [0.1, 0.15) is 25.8 Å². The van der Waals surface area contributed by atoms with E-state index >= 15 is 0 Å². The van der Waals surface area contributed by atoms with Crippen molar-refractivity contribution in [3.63, 3.8) is 0 Å². The van der Waals surface area contributed by atoms with Gasteiger partial charge in [-0.1, -0.05) is 36.4 Å². The molecule has 3 atom stereocenters. The van der Waals surface area contributed by atoms with Crippen LogP contribution in [0.2, 0.25) is 0 Å². The summed E-state index contributed by atoms with van der Waals surface area (Å²) >= 11 is 0. The second-order valence-electron chi connectivity index (χ2n) is 6.49. The number of ether oxygens (including phenoxy) is 3. The Hall–Kier alpha value is -1.25. The van der Waals surface area contributed by atoms with E-state index in [4.69, 9.17) is 18.4 Å². The average molecular weight is 370 g/mol. The zero-order valence-corrected chi connectivity index (χ0v) is 15.7. The monoisotopic (exact) mass is 370 g/mol. The number of benzene rings is 1. The summed E-state index contributed by atoms with van der Waals surface area (Å²) in [6.07, 6.45) is 1.15. The maximum absolute atomic E-state index is 11.7. The van der Waals surface area contributed by atoms with Gasteiger partial charge in [-0.15, -0.1) is 6.58 Å². The lowest BCUT2D eigenvalue weighted by Crippen LogP contribution is -2.44. The van der Waals surface area contributed by atoms with Gasteiger partial charge in [0.1, 0.15) is 18.3 Å². The first-order chi connectivity index (χ1) is 11.7. The summed E-state index contributed by atoms with van der Waals surface area (Å²) < 4.78 is 46.1. The van der Waals surface area contributed by atoms with Crippen LogP contribution in [0.5, 0.6) is 0 Å². The lowest BCUT2D eigenvalue weighted by atomic mass is 10.1. The SMILES string of the molecule is C=CC[C@H](OS(C)(=O)=O)[C@@H](OCc1ccccc1)[C@@H]1COC(C)(C)O1. The molecule has 2 rings (SSSR count). The van der Waals surface area contributed by atoms with Crippen molar-refractivity contribution in [3.05, 3.63) is 48.6 Å². The number of hydrogen-bond acceptors (Lipinski definition) is 6. The highest BCUT2D eigenvalue weighted by molar-refractivity contribution is 7.86. The topological polar surface area (TPSA) is 71.1 Å². The fourth-order valence-electron chi connectivity index (χ4n) is 2.71. The molecule has 1 aliphatic rings. The summed E-state index contributed by atoms with van der Waals surface area (Å²) in [5.41, 5.74) is 0.974. The molecule has 1 aromatic carbocycles. The highest BCUT2D eigenvalue weighted by Crippen LogP contribution is 2.29. The highest BCUT2D eigenvalue weighted by atomic mass is 32.2. The molecule has 1 fully saturated rings. The normalized spacial score (nSPS) is 22.4. The van der Waals surface area contributed by atoms with Crippen molar-refractivity contribution in [2.24, 2.45) is 0 Å². The molecule has 0 unspecified atom stereocenters. The molecule has 1 heterocycles. The third kappa shape index (κ3) is 6.52. The van der Waals surface area contributed by atoms with Crippen LogP contribution in [-0.4, -0.2) is 45.4 Å². The zero-order valence-electron chi connectivity index (χ0n) is 14.9. The van der Waals surface area contributed by atoms with Gasteiger partial charge in [-0.05, 0) is 25.8 Å². The van der Waals surface area contributed by atoms with Gasteiger partial charge in [-0.2, -0.15) is 8.42 Å². The molecule has 0 N–H and O–H groups in total. The van der Waals surface area contributed by atoms with Crippen molar-refractivity contribution in [3.8, 4) is 0 Å². The van der Waals surface area contributed by atoms with Crippen LogP contribution in [0.25, 0.3) is 0 Å². The summed E-state index contributed by atoms with van der Waals surface area (Å²) in [6.45, 7) is 7.91. The first-order valence-corrected chi connectivity index (χ1v) is 9.98. The fraction of sp³-hybridized carbons (Fsp3) is 0.556. The van der Waals surface area contributed by atoms with Gasteiger partial charge in [-0.25, -0.2) is 0 Å². The second-order valence-corrected chi connectivity index (χ2v) is 8.09.